The number of anilines is 1. The minimum Gasteiger partial charge on any atom is -0.367 e. The van der Waals surface area contributed by atoms with Gasteiger partial charge in [-0.1, -0.05) is 12.1 Å². The van der Waals surface area contributed by atoms with Crippen LogP contribution in [0.15, 0.2) is 24.3 Å². The summed E-state index contributed by atoms with van der Waals surface area (Å²) in [4.78, 5) is 18.0. The molecule has 0 atom stereocenters. The number of hydrogen-bond acceptors (Lipinski definition) is 3. The van der Waals surface area contributed by atoms with Crippen LogP contribution in [0.4, 0.5) is 10.1 Å². The molecule has 4 nitrogen and oxygen atoms in total. The van der Waals surface area contributed by atoms with Gasteiger partial charge in [0.05, 0.1) is 5.69 Å². The summed E-state index contributed by atoms with van der Waals surface area (Å²) in [6, 6.07) is 6.96. The van der Waals surface area contributed by atoms with Crippen molar-refractivity contribution in [3.63, 3.8) is 0 Å². The van der Waals surface area contributed by atoms with E-state index in [1.54, 1.807) is 6.07 Å². The molecule has 5 heteroatoms. The number of likely N-dealkylation sites (tertiary alicyclic amines) is 1. The molecule has 0 N–H and O–H groups in total. The maximum absolute atomic E-state index is 13.8. The lowest BCUT2D eigenvalue weighted by Gasteiger charge is -2.36. The Labute approximate surface area is 125 Å². The Morgan fingerprint density at radius 2 is 1.76 bits per heavy atom. The van der Waals surface area contributed by atoms with Gasteiger partial charge >= 0.3 is 0 Å². The lowest BCUT2D eigenvalue weighted by Crippen LogP contribution is -2.48. The van der Waals surface area contributed by atoms with E-state index in [-0.39, 0.29) is 5.82 Å². The van der Waals surface area contributed by atoms with Crippen molar-refractivity contribution in [2.45, 2.75) is 12.8 Å². The highest BCUT2D eigenvalue weighted by Gasteiger charge is 2.23. The highest BCUT2D eigenvalue weighted by Crippen LogP contribution is 2.20. The third-order valence-electron chi connectivity index (χ3n) is 4.42. The number of nitrogens with zero attached hydrogens (tertiary/aromatic N) is 3. The van der Waals surface area contributed by atoms with E-state index in [9.17, 15) is 9.18 Å². The SMILES string of the molecule is O=C1CCCN1CCN1CCN(c2ccccc2F)CC1. The molecule has 0 radical (unpaired) electrons. The molecular formula is C16H22FN3O. The van der Waals surface area contributed by atoms with Gasteiger partial charge in [-0.2, -0.15) is 0 Å². The second-order valence-corrected chi connectivity index (χ2v) is 5.76. The van der Waals surface area contributed by atoms with E-state index in [0.717, 1.165) is 52.2 Å². The number of piperazine rings is 1. The first-order valence-corrected chi connectivity index (χ1v) is 7.73. The van der Waals surface area contributed by atoms with Crippen LogP contribution in [0.5, 0.6) is 0 Å². The largest absolute Gasteiger partial charge is 0.367 e. The smallest absolute Gasteiger partial charge is 0.222 e. The molecule has 21 heavy (non-hydrogen) atoms. The number of carbonyl (C=O) groups is 1. The van der Waals surface area contributed by atoms with Crippen LogP contribution >= 0.6 is 0 Å². The third-order valence-corrected chi connectivity index (χ3v) is 4.42. The average Bonchev–Trinajstić information content (AvgIpc) is 2.92. The molecule has 114 valence electrons. The number of carbonyl (C=O) groups excluding carboxylic acids is 1. The number of amides is 1. The van der Waals surface area contributed by atoms with Crippen LogP contribution in [0.3, 0.4) is 0 Å². The van der Waals surface area contributed by atoms with E-state index in [1.807, 2.05) is 17.0 Å². The molecule has 2 heterocycles. The molecule has 1 aromatic rings. The van der Waals surface area contributed by atoms with E-state index in [4.69, 9.17) is 0 Å². The molecule has 2 aliphatic rings. The Balaban J connectivity index is 1.47. The molecule has 2 fully saturated rings. The predicted octanol–water partition coefficient (Wildman–Crippen LogP) is 1.57. The zero-order valence-corrected chi connectivity index (χ0v) is 12.3. The van der Waals surface area contributed by atoms with Crippen molar-refractivity contribution < 1.29 is 9.18 Å². The molecule has 0 aromatic heterocycles. The molecule has 2 saturated heterocycles. The normalized spacial score (nSPS) is 20.3. The summed E-state index contributed by atoms with van der Waals surface area (Å²) >= 11 is 0. The van der Waals surface area contributed by atoms with E-state index < -0.39 is 0 Å². The van der Waals surface area contributed by atoms with Crippen LogP contribution in [0.2, 0.25) is 0 Å². The Morgan fingerprint density at radius 1 is 1.00 bits per heavy atom. The van der Waals surface area contributed by atoms with E-state index in [0.29, 0.717) is 18.0 Å². The molecule has 0 saturated carbocycles. The zero-order chi connectivity index (χ0) is 14.7. The van der Waals surface area contributed by atoms with Crippen molar-refractivity contribution in [3.8, 4) is 0 Å². The highest BCUT2D eigenvalue weighted by molar-refractivity contribution is 5.78. The first-order valence-electron chi connectivity index (χ1n) is 7.73. The maximum Gasteiger partial charge on any atom is 0.222 e. The van der Waals surface area contributed by atoms with Gasteiger partial charge in [0.15, 0.2) is 0 Å². The number of hydrogen-bond donors (Lipinski definition) is 0. The molecule has 1 amide bonds. The first-order chi connectivity index (χ1) is 10.2. The molecular weight excluding hydrogens is 269 g/mol. The molecule has 3 rings (SSSR count). The van der Waals surface area contributed by atoms with Crippen molar-refractivity contribution in [1.29, 1.82) is 0 Å². The summed E-state index contributed by atoms with van der Waals surface area (Å²) < 4.78 is 13.8. The predicted molar refractivity (Wildman–Crippen MR) is 80.9 cm³/mol. The van der Waals surface area contributed by atoms with E-state index in [2.05, 4.69) is 9.80 Å². The zero-order valence-electron chi connectivity index (χ0n) is 12.3. The number of benzene rings is 1. The lowest BCUT2D eigenvalue weighted by atomic mass is 10.2. The van der Waals surface area contributed by atoms with E-state index >= 15 is 0 Å². The Bertz CT molecular complexity index is 500. The Morgan fingerprint density at radius 3 is 2.43 bits per heavy atom. The van der Waals surface area contributed by atoms with Gasteiger partial charge in [-0.05, 0) is 18.6 Å². The van der Waals surface area contributed by atoms with E-state index in [1.165, 1.54) is 6.07 Å². The monoisotopic (exact) mass is 291 g/mol. The van der Waals surface area contributed by atoms with Crippen LogP contribution < -0.4 is 4.90 Å². The topological polar surface area (TPSA) is 26.8 Å². The van der Waals surface area contributed by atoms with Gasteiger partial charge < -0.3 is 9.80 Å². The second kappa shape index (κ2) is 6.43. The molecule has 0 unspecified atom stereocenters. The fraction of sp³-hybridized carbons (Fsp3) is 0.562. The summed E-state index contributed by atoms with van der Waals surface area (Å²) in [6.45, 7) is 6.21. The van der Waals surface area contributed by atoms with Gasteiger partial charge in [0.25, 0.3) is 0 Å². The van der Waals surface area contributed by atoms with Crippen LogP contribution in [0.25, 0.3) is 0 Å². The Hall–Kier alpha value is -1.62. The van der Waals surface area contributed by atoms with Gasteiger partial charge in [-0.15, -0.1) is 0 Å². The quantitative estimate of drug-likeness (QED) is 0.842. The highest BCUT2D eigenvalue weighted by atomic mass is 19.1. The van der Waals surface area contributed by atoms with Crippen molar-refractivity contribution in [3.05, 3.63) is 30.1 Å². The molecule has 0 bridgehead atoms. The second-order valence-electron chi connectivity index (χ2n) is 5.76. The standard InChI is InChI=1S/C16H22FN3O/c17-14-4-1-2-5-15(14)19-11-8-18(9-12-19)10-13-20-7-3-6-16(20)21/h1-2,4-5H,3,6-13H2. The molecule has 0 aliphatic carbocycles. The van der Waals surface area contributed by atoms with Gasteiger partial charge in [-0.3, -0.25) is 9.69 Å². The minimum atomic E-state index is -0.145. The van der Waals surface area contributed by atoms with Crippen molar-refractivity contribution in [2.75, 3.05) is 50.7 Å². The molecule has 2 aliphatic heterocycles. The van der Waals surface area contributed by atoms with Crippen LogP contribution in [0.1, 0.15) is 12.8 Å². The number of para-hydroxylation sites is 1. The van der Waals surface area contributed by atoms with Crippen molar-refractivity contribution in [2.24, 2.45) is 0 Å². The number of halogens is 1. The summed E-state index contributed by atoms with van der Waals surface area (Å²) in [5.41, 5.74) is 0.701. The third kappa shape index (κ3) is 3.35. The summed E-state index contributed by atoms with van der Waals surface area (Å²) in [7, 11) is 0. The first kappa shape index (κ1) is 14.3. The van der Waals surface area contributed by atoms with Gasteiger partial charge in [0, 0.05) is 52.2 Å². The molecule has 0 spiro atoms. The van der Waals surface area contributed by atoms with Crippen LogP contribution in [-0.4, -0.2) is 61.5 Å². The van der Waals surface area contributed by atoms with Crippen molar-refractivity contribution >= 4 is 11.6 Å². The minimum absolute atomic E-state index is 0.145. The summed E-state index contributed by atoms with van der Waals surface area (Å²) in [5.74, 6) is 0.147. The van der Waals surface area contributed by atoms with Crippen LogP contribution in [-0.2, 0) is 4.79 Å². The maximum atomic E-state index is 13.8. The lowest BCUT2D eigenvalue weighted by molar-refractivity contribution is -0.127. The molecule has 1 aromatic carbocycles. The average molecular weight is 291 g/mol. The fourth-order valence-corrected chi connectivity index (χ4v) is 3.12. The fourth-order valence-electron chi connectivity index (χ4n) is 3.12. The van der Waals surface area contributed by atoms with Gasteiger partial charge in [-0.25, -0.2) is 4.39 Å². The number of rotatable bonds is 4. The van der Waals surface area contributed by atoms with Crippen LogP contribution in [0, 0.1) is 5.82 Å². The van der Waals surface area contributed by atoms with Crippen molar-refractivity contribution in [1.82, 2.24) is 9.80 Å². The Kier molecular flexibility index (Phi) is 4.39. The summed E-state index contributed by atoms with van der Waals surface area (Å²) in [6.07, 6.45) is 1.71. The van der Waals surface area contributed by atoms with Gasteiger partial charge in [0.1, 0.15) is 5.82 Å². The summed E-state index contributed by atoms with van der Waals surface area (Å²) in [5, 5.41) is 0. The van der Waals surface area contributed by atoms with Gasteiger partial charge in [0.2, 0.25) is 5.91 Å².